The first kappa shape index (κ1) is 42.0. The SMILES string of the molecule is C=C/C=C(\C=C)C(C)C(C)C(C)[C@H]1CC(=C)C(CC(C)C)OC(=C)C(C)CNC(=O)[C@@H](Cc2ccc(OC)c(Cl)c2)NC(=C)C(C)C(C)C1. The van der Waals surface area contributed by atoms with Crippen molar-refractivity contribution in [2.45, 2.75) is 93.2 Å². The van der Waals surface area contributed by atoms with Gasteiger partial charge in [0.1, 0.15) is 17.9 Å². The van der Waals surface area contributed by atoms with Crippen LogP contribution in [0.5, 0.6) is 5.75 Å². The second kappa shape index (κ2) is 19.9. The van der Waals surface area contributed by atoms with Crippen LogP contribution in [0.25, 0.3) is 0 Å². The zero-order valence-corrected chi connectivity index (χ0v) is 32.7. The minimum Gasteiger partial charge on any atom is -0.495 e. The highest BCUT2D eigenvalue weighted by molar-refractivity contribution is 6.32. The standard InChI is InChI=1S/C43H65ClN2O3/c1-15-17-37(16-2)32(10)31(9)33(11)38-21-27(5)30(8)34(12)46-40(24-36-18-19-41(48-14)39(44)23-36)43(47)45-25-29(7)35(13)49-42(20-26(3)4)28(6)22-38/h15-19,23,26-27,29-33,38,40,42,46H,1-2,6,12-13,20-22,24-25H2,3-5,7-11,14H3,(H,45,47)/b37-17+/t27?,29?,30?,31?,32?,33?,38-,40-,42?/m1/s1. The molecule has 1 fully saturated rings. The first-order valence-electron chi connectivity index (χ1n) is 18.1. The third-order valence-corrected chi connectivity index (χ3v) is 11.2. The molecule has 1 saturated heterocycles. The van der Waals surface area contributed by atoms with Crippen molar-refractivity contribution in [3.8, 4) is 5.75 Å². The first-order chi connectivity index (χ1) is 23.0. The minimum absolute atomic E-state index is 0.0953. The number of rotatable bonds is 11. The maximum atomic E-state index is 13.8. The van der Waals surface area contributed by atoms with Crippen LogP contribution < -0.4 is 15.4 Å². The number of carbonyl (C=O) groups is 1. The average molecular weight is 693 g/mol. The number of benzene rings is 1. The molecule has 0 saturated carbocycles. The van der Waals surface area contributed by atoms with Gasteiger partial charge in [0, 0.05) is 24.6 Å². The van der Waals surface area contributed by atoms with E-state index in [-0.39, 0.29) is 29.8 Å². The summed E-state index contributed by atoms with van der Waals surface area (Å²) in [6, 6.07) is 5.10. The van der Waals surface area contributed by atoms with Crippen LogP contribution in [0.4, 0.5) is 0 Å². The quantitative estimate of drug-likeness (QED) is 0.179. The van der Waals surface area contributed by atoms with Crippen molar-refractivity contribution in [2.75, 3.05) is 13.7 Å². The van der Waals surface area contributed by atoms with Gasteiger partial charge < -0.3 is 20.1 Å². The van der Waals surface area contributed by atoms with E-state index in [4.69, 9.17) is 21.1 Å². The summed E-state index contributed by atoms with van der Waals surface area (Å²) < 4.78 is 12.0. The Balaban J connectivity index is 2.53. The summed E-state index contributed by atoms with van der Waals surface area (Å²) >= 11 is 6.47. The van der Waals surface area contributed by atoms with Gasteiger partial charge in [-0.05, 0) is 89.5 Å². The van der Waals surface area contributed by atoms with Crippen molar-refractivity contribution in [1.82, 2.24) is 10.6 Å². The van der Waals surface area contributed by atoms with Crippen molar-refractivity contribution in [1.29, 1.82) is 0 Å². The van der Waals surface area contributed by atoms with E-state index >= 15 is 0 Å². The molecule has 1 heterocycles. The zero-order chi connectivity index (χ0) is 37.0. The van der Waals surface area contributed by atoms with Gasteiger partial charge in [0.05, 0.1) is 17.9 Å². The van der Waals surface area contributed by atoms with E-state index in [9.17, 15) is 4.79 Å². The van der Waals surface area contributed by atoms with E-state index in [1.54, 1.807) is 7.11 Å². The lowest BCUT2D eigenvalue weighted by Crippen LogP contribution is -2.47. The Morgan fingerprint density at radius 1 is 1.10 bits per heavy atom. The molecule has 272 valence electrons. The monoisotopic (exact) mass is 692 g/mol. The average Bonchev–Trinajstić information content (AvgIpc) is 3.06. The molecule has 49 heavy (non-hydrogen) atoms. The number of methoxy groups -OCH3 is 1. The summed E-state index contributed by atoms with van der Waals surface area (Å²) in [5.74, 6) is 3.32. The van der Waals surface area contributed by atoms with Gasteiger partial charge in [-0.25, -0.2) is 0 Å². The maximum absolute atomic E-state index is 13.8. The van der Waals surface area contributed by atoms with Crippen LogP contribution >= 0.6 is 11.6 Å². The summed E-state index contributed by atoms with van der Waals surface area (Å²) in [4.78, 5) is 13.8. The predicted molar refractivity (Wildman–Crippen MR) is 210 cm³/mol. The molecule has 0 aliphatic carbocycles. The summed E-state index contributed by atoms with van der Waals surface area (Å²) in [6.45, 7) is 39.9. The maximum Gasteiger partial charge on any atom is 0.242 e. The number of hydrogen-bond acceptors (Lipinski definition) is 4. The molecule has 1 aromatic carbocycles. The van der Waals surface area contributed by atoms with Gasteiger partial charge in [-0.3, -0.25) is 4.79 Å². The van der Waals surface area contributed by atoms with Crippen LogP contribution in [-0.4, -0.2) is 31.7 Å². The van der Waals surface area contributed by atoms with Crippen molar-refractivity contribution >= 4 is 17.5 Å². The Morgan fingerprint density at radius 3 is 2.35 bits per heavy atom. The number of hydrogen-bond donors (Lipinski definition) is 2. The van der Waals surface area contributed by atoms with Crippen LogP contribution in [0, 0.1) is 47.3 Å². The highest BCUT2D eigenvalue weighted by Gasteiger charge is 2.33. The lowest BCUT2D eigenvalue weighted by Gasteiger charge is -2.38. The summed E-state index contributed by atoms with van der Waals surface area (Å²) in [7, 11) is 1.59. The van der Waals surface area contributed by atoms with E-state index in [0.29, 0.717) is 59.1 Å². The van der Waals surface area contributed by atoms with E-state index in [0.717, 1.165) is 36.1 Å². The van der Waals surface area contributed by atoms with Gasteiger partial charge in [0.15, 0.2) is 0 Å². The molecule has 7 unspecified atom stereocenters. The normalized spacial score (nSPS) is 27.0. The molecule has 1 aliphatic rings. The molecule has 6 heteroatoms. The number of ether oxygens (including phenoxy) is 2. The summed E-state index contributed by atoms with van der Waals surface area (Å²) in [5, 5.41) is 7.19. The van der Waals surface area contributed by atoms with Crippen LogP contribution in [0.1, 0.15) is 80.2 Å². The molecular weight excluding hydrogens is 628 g/mol. The fourth-order valence-corrected chi connectivity index (χ4v) is 7.14. The minimum atomic E-state index is -0.543. The van der Waals surface area contributed by atoms with Crippen LogP contribution in [0.3, 0.4) is 0 Å². The molecule has 0 aromatic heterocycles. The highest BCUT2D eigenvalue weighted by Crippen LogP contribution is 2.40. The highest BCUT2D eigenvalue weighted by atomic mass is 35.5. The molecule has 1 aromatic rings. The molecule has 2 N–H and O–H groups in total. The van der Waals surface area contributed by atoms with Gasteiger partial charge in [-0.2, -0.15) is 0 Å². The molecule has 0 bridgehead atoms. The molecule has 5 nitrogen and oxygen atoms in total. The van der Waals surface area contributed by atoms with E-state index in [2.05, 4.69) is 98.1 Å². The van der Waals surface area contributed by atoms with Gasteiger partial charge in [0.25, 0.3) is 0 Å². The molecular formula is C43H65ClN2O3. The third kappa shape index (κ3) is 12.3. The molecule has 0 radical (unpaired) electrons. The van der Waals surface area contributed by atoms with Crippen molar-refractivity contribution in [3.63, 3.8) is 0 Å². The van der Waals surface area contributed by atoms with E-state index < -0.39 is 6.04 Å². The molecule has 0 spiro atoms. The van der Waals surface area contributed by atoms with Gasteiger partial charge in [-0.15, -0.1) is 0 Å². The van der Waals surface area contributed by atoms with Crippen LogP contribution in [-0.2, 0) is 16.0 Å². The predicted octanol–water partition coefficient (Wildman–Crippen LogP) is 10.5. The number of amides is 1. The van der Waals surface area contributed by atoms with Crippen molar-refractivity contribution < 1.29 is 14.3 Å². The number of halogens is 1. The first-order valence-corrected chi connectivity index (χ1v) is 18.5. The third-order valence-electron chi connectivity index (χ3n) is 10.9. The van der Waals surface area contributed by atoms with Gasteiger partial charge in [0.2, 0.25) is 5.91 Å². The fraction of sp³-hybridized carbons (Fsp3) is 0.558. The smallest absolute Gasteiger partial charge is 0.242 e. The van der Waals surface area contributed by atoms with E-state index in [1.165, 1.54) is 5.57 Å². The van der Waals surface area contributed by atoms with Gasteiger partial charge in [-0.1, -0.05) is 124 Å². The topological polar surface area (TPSA) is 59.6 Å². The number of nitrogens with one attached hydrogen (secondary N) is 2. The summed E-state index contributed by atoms with van der Waals surface area (Å²) in [5.41, 5.74) is 4.09. The van der Waals surface area contributed by atoms with Crippen molar-refractivity contribution in [2.24, 2.45) is 47.3 Å². The molecule has 9 atom stereocenters. The van der Waals surface area contributed by atoms with Crippen LogP contribution in [0.15, 0.2) is 91.9 Å². The number of carbonyl (C=O) groups excluding carboxylic acids is 1. The molecule has 1 amide bonds. The fourth-order valence-electron chi connectivity index (χ4n) is 6.86. The van der Waals surface area contributed by atoms with E-state index in [1.807, 2.05) is 37.3 Å². The Bertz CT molecular complexity index is 1350. The van der Waals surface area contributed by atoms with Crippen LogP contribution in [0.2, 0.25) is 5.02 Å². The lowest BCUT2D eigenvalue weighted by atomic mass is 9.69. The number of allylic oxidation sites excluding steroid dienone is 5. The summed E-state index contributed by atoms with van der Waals surface area (Å²) in [6.07, 6.45) is 8.86. The second-order valence-corrected chi connectivity index (χ2v) is 15.4. The van der Waals surface area contributed by atoms with Crippen molar-refractivity contribution in [3.05, 3.63) is 103 Å². The second-order valence-electron chi connectivity index (χ2n) is 15.0. The molecule has 2 rings (SSSR count). The Labute approximate surface area is 304 Å². The zero-order valence-electron chi connectivity index (χ0n) is 31.9. The lowest BCUT2D eigenvalue weighted by molar-refractivity contribution is -0.123. The Morgan fingerprint density at radius 2 is 1.78 bits per heavy atom. The Hall–Kier alpha value is -3.18. The molecule has 1 aliphatic heterocycles. The largest absolute Gasteiger partial charge is 0.495 e. The van der Waals surface area contributed by atoms with Gasteiger partial charge >= 0.3 is 0 Å². The Kier molecular flexibility index (Phi) is 17.0.